The molecule has 68 heavy (non-hydrogen) atoms. The van der Waals surface area contributed by atoms with E-state index in [1.54, 1.807) is 0 Å². The summed E-state index contributed by atoms with van der Waals surface area (Å²) in [5.41, 5.74) is 10.4. The smallest absolute Gasteiger partial charge is 0.132 e. The second kappa shape index (κ2) is 30.9. The van der Waals surface area contributed by atoms with Crippen LogP contribution in [0.1, 0.15) is 132 Å². The van der Waals surface area contributed by atoms with Crippen LogP contribution < -0.4 is 5.30 Å². The van der Waals surface area contributed by atoms with E-state index >= 15 is 0 Å². The second-order valence-corrected chi connectivity index (χ2v) is 18.5. The summed E-state index contributed by atoms with van der Waals surface area (Å²) < 4.78 is 0. The molecule has 8 rings (SSSR count). The topological polar surface area (TPSA) is 32.6 Å². The summed E-state index contributed by atoms with van der Waals surface area (Å²) in [6.07, 6.45) is 13.3. The maximum Gasteiger partial charge on any atom is 0.132 e. The maximum atomic E-state index is 11.5. The van der Waals surface area contributed by atoms with Gasteiger partial charge in [-0.05, 0) is 117 Å². The van der Waals surface area contributed by atoms with Crippen molar-refractivity contribution in [2.24, 2.45) is 4.99 Å². The van der Waals surface area contributed by atoms with E-state index in [1.165, 1.54) is 90.9 Å². The molecule has 0 aliphatic heterocycles. The molecule has 4 heteroatoms. The van der Waals surface area contributed by atoms with E-state index in [9.17, 15) is 5.11 Å². The Labute approximate surface area is 423 Å². The normalized spacial score (nSPS) is 10.6. The van der Waals surface area contributed by atoms with E-state index in [-0.39, 0.29) is 29.7 Å². The van der Waals surface area contributed by atoms with Crippen LogP contribution in [0.4, 0.5) is 5.69 Å². The largest absolute Gasteiger partial charge is 0.507 e. The average molecular weight is 966 g/mol. The number of rotatable bonds is 14. The van der Waals surface area contributed by atoms with Gasteiger partial charge in [-0.25, -0.2) is 0 Å². The van der Waals surface area contributed by atoms with E-state index in [1.807, 2.05) is 24.4 Å². The van der Waals surface area contributed by atoms with Gasteiger partial charge in [-0.2, -0.15) is 0 Å². The minimum Gasteiger partial charge on any atom is -0.507 e. The fraction of sp³-hybridized carbons (Fsp3) is 0.281. The Bertz CT molecular complexity index is 2550. The minimum atomic E-state index is 0. The molecule has 2 nitrogen and oxygen atoms in total. The molecule has 0 amide bonds. The molecule has 0 saturated carbocycles. The Balaban J connectivity index is 0.000000301. The van der Waals surface area contributed by atoms with Crippen molar-refractivity contribution >= 4 is 48.0 Å². The van der Waals surface area contributed by atoms with Gasteiger partial charge in [0, 0.05) is 39.4 Å². The number of unbranched alkanes of at least 4 members (excludes halogenated alkanes) is 3. The number of fused-ring (bicyclic) bond motifs is 2. The number of aryl methyl sites for hydroxylation is 3. The molecule has 1 atom stereocenters. The van der Waals surface area contributed by atoms with Crippen molar-refractivity contribution in [3.63, 3.8) is 0 Å². The molecule has 0 bridgehead atoms. The Hall–Kier alpha value is -5.33. The summed E-state index contributed by atoms with van der Waals surface area (Å²) in [6.45, 7) is 15.5. The summed E-state index contributed by atoms with van der Waals surface area (Å²) in [6, 6.07) is 61.3. The molecule has 0 saturated heterocycles. The second-order valence-electron chi connectivity index (χ2n) is 17.8. The van der Waals surface area contributed by atoms with Gasteiger partial charge >= 0.3 is 0 Å². The number of hydrogen-bond acceptors (Lipinski definition) is 2. The number of benzene rings is 8. The summed E-state index contributed by atoms with van der Waals surface area (Å²) >= 11 is 0. The van der Waals surface area contributed by atoms with Gasteiger partial charge in [0.1, 0.15) is 5.75 Å². The number of hydrogen-bond donors (Lipinski definition) is 1. The summed E-state index contributed by atoms with van der Waals surface area (Å²) in [7, 11) is 2.70. The molecular weight excluding hydrogens is 888 g/mol. The molecule has 0 spiro atoms. The van der Waals surface area contributed by atoms with Crippen molar-refractivity contribution in [1.82, 2.24) is 0 Å². The molecule has 0 aliphatic carbocycles. The van der Waals surface area contributed by atoms with E-state index < -0.39 is 0 Å². The zero-order valence-electron chi connectivity index (χ0n) is 42.1. The van der Waals surface area contributed by atoms with Gasteiger partial charge < -0.3 is 12.5 Å². The molecule has 0 fully saturated rings. The Morgan fingerprint density at radius 3 is 1.35 bits per heavy atom. The third kappa shape index (κ3) is 17.3. The molecule has 0 aliphatic rings. The summed E-state index contributed by atoms with van der Waals surface area (Å²) in [5, 5.41) is 17.3. The van der Waals surface area contributed by atoms with Gasteiger partial charge in [0.05, 0.1) is 5.69 Å². The molecule has 1 N–H and O–H groups in total. The summed E-state index contributed by atoms with van der Waals surface area (Å²) in [4.78, 5) is 4.95. The molecule has 1 unspecified atom stereocenters. The first-order chi connectivity index (χ1) is 32.1. The van der Waals surface area contributed by atoms with Crippen molar-refractivity contribution in [3.8, 4) is 16.9 Å². The van der Waals surface area contributed by atoms with E-state index in [2.05, 4.69) is 215 Å². The maximum absolute atomic E-state index is 11.5. The molecule has 0 heterocycles. The van der Waals surface area contributed by atoms with E-state index in [0.717, 1.165) is 38.4 Å². The van der Waals surface area contributed by atoms with Gasteiger partial charge in [-0.1, -0.05) is 232 Å². The SMILES string of the molecule is CC(C)c1cccc(C(C)C)c1N=Cc1cccc(-c2c3ccccc3cc3ccccc23)c1O.CCCCc1ccc(P)cc1.CCCCc1ccccc1.CCCCc1ccccc1.[CH3-].[Ni]. The number of aliphatic imine (C=N–C) groups is 1. The third-order valence-electron chi connectivity index (χ3n) is 11.9. The zero-order chi connectivity index (χ0) is 47.1. The predicted octanol–water partition coefficient (Wildman–Crippen LogP) is 18.4. The first-order valence-corrected chi connectivity index (χ1v) is 25.0. The van der Waals surface area contributed by atoms with Crippen LogP contribution >= 0.6 is 9.24 Å². The van der Waals surface area contributed by atoms with Crippen LogP contribution in [-0.4, -0.2) is 11.3 Å². The molecular formula is C64H77NNiOP-. The number of nitrogens with zero attached hydrogens (tertiary/aromatic N) is 1. The van der Waals surface area contributed by atoms with Crippen LogP contribution in [0.25, 0.3) is 32.7 Å². The van der Waals surface area contributed by atoms with Gasteiger partial charge in [-0.3, -0.25) is 4.99 Å². The van der Waals surface area contributed by atoms with Crippen molar-refractivity contribution in [2.75, 3.05) is 0 Å². The number of phenols is 1. The number of aromatic hydroxyl groups is 1. The Morgan fingerprint density at radius 1 is 0.500 bits per heavy atom. The monoisotopic (exact) mass is 965 g/mol. The van der Waals surface area contributed by atoms with Gasteiger partial charge in [0.2, 0.25) is 0 Å². The number of para-hydroxylation sites is 2. The van der Waals surface area contributed by atoms with Crippen LogP contribution in [0.3, 0.4) is 0 Å². The third-order valence-corrected chi connectivity index (χ3v) is 12.3. The van der Waals surface area contributed by atoms with Crippen molar-refractivity contribution < 1.29 is 21.6 Å². The van der Waals surface area contributed by atoms with Crippen LogP contribution in [0.5, 0.6) is 5.75 Å². The Kier molecular flexibility index (Phi) is 25.9. The number of phenolic OH excluding ortho intramolecular Hbond substituents is 1. The van der Waals surface area contributed by atoms with Gasteiger partial charge in [0.15, 0.2) is 0 Å². The quantitative estimate of drug-likeness (QED) is 0.0380. The van der Waals surface area contributed by atoms with Crippen molar-refractivity contribution in [1.29, 1.82) is 0 Å². The van der Waals surface area contributed by atoms with Crippen LogP contribution in [0, 0.1) is 7.43 Å². The van der Waals surface area contributed by atoms with Gasteiger partial charge in [-0.15, -0.1) is 9.24 Å². The first-order valence-electron chi connectivity index (χ1n) is 24.5. The van der Waals surface area contributed by atoms with Crippen molar-refractivity contribution in [3.05, 3.63) is 217 Å². The standard InChI is InChI=1S/C33H31NO.C10H15P.2C10H14.CH3.Ni/c1-21(2)26-16-10-17-27(22(3)4)32(26)34-20-25-13-9-18-30(33(25)35)31-28-14-7-5-11-23(28)19-24-12-6-8-15-29(24)31;1-2-3-4-9-5-7-10(11)8-6-9;2*1-2-3-7-10-8-5-4-6-9-10;;/h5-22,35H,1-4H3;5-8H,2-4,11H2,1H3;2*4-6,8-9H,2-3,7H2,1H3;1H3;/q;;;;-1;. The molecule has 360 valence electrons. The van der Waals surface area contributed by atoms with Crippen molar-refractivity contribution in [2.45, 2.75) is 118 Å². The fourth-order valence-electron chi connectivity index (χ4n) is 8.08. The Morgan fingerprint density at radius 2 is 0.912 bits per heavy atom. The van der Waals surface area contributed by atoms with Gasteiger partial charge in [0.25, 0.3) is 0 Å². The zero-order valence-corrected chi connectivity index (χ0v) is 44.3. The predicted molar refractivity (Wildman–Crippen MR) is 301 cm³/mol. The molecule has 0 radical (unpaired) electrons. The fourth-order valence-corrected chi connectivity index (χ4v) is 8.27. The van der Waals surface area contributed by atoms with Crippen LogP contribution in [0.2, 0.25) is 0 Å². The van der Waals surface area contributed by atoms with Crippen LogP contribution in [0.15, 0.2) is 181 Å². The molecule has 8 aromatic rings. The molecule has 8 aromatic carbocycles. The minimum absolute atomic E-state index is 0. The van der Waals surface area contributed by atoms with E-state index in [4.69, 9.17) is 4.99 Å². The summed E-state index contributed by atoms with van der Waals surface area (Å²) in [5.74, 6) is 0.983. The van der Waals surface area contributed by atoms with E-state index in [0.29, 0.717) is 17.4 Å². The average Bonchev–Trinajstić information content (AvgIpc) is 3.35. The first kappa shape index (κ1) is 57.0. The van der Waals surface area contributed by atoms with Crippen LogP contribution in [-0.2, 0) is 35.8 Å². The molecule has 0 aromatic heterocycles.